The molecule has 1 heterocycles. The van der Waals surface area contributed by atoms with Gasteiger partial charge in [0.05, 0.1) is 25.7 Å². The van der Waals surface area contributed by atoms with Gasteiger partial charge in [0.1, 0.15) is 0 Å². The van der Waals surface area contributed by atoms with Crippen LogP contribution in [0.2, 0.25) is 0 Å². The van der Waals surface area contributed by atoms with Gasteiger partial charge in [-0.25, -0.2) is 4.79 Å². The summed E-state index contributed by atoms with van der Waals surface area (Å²) in [6, 6.07) is 5.09. The van der Waals surface area contributed by atoms with Gasteiger partial charge in [-0.3, -0.25) is 24.0 Å². The lowest BCUT2D eigenvalue weighted by Crippen LogP contribution is -2.47. The van der Waals surface area contributed by atoms with E-state index in [4.69, 9.17) is 10.5 Å². The van der Waals surface area contributed by atoms with E-state index in [1.54, 1.807) is 43.0 Å². The molecule has 2 rings (SSSR count). The van der Waals surface area contributed by atoms with Crippen molar-refractivity contribution in [2.24, 2.45) is 29.4 Å². The number of nitrogens with one attached hydrogen (secondary N) is 3. The average molecular weight is 618 g/mol. The zero-order valence-corrected chi connectivity index (χ0v) is 26.1. The van der Waals surface area contributed by atoms with E-state index in [9.17, 15) is 33.9 Å². The molecule has 13 nitrogen and oxygen atoms in total. The van der Waals surface area contributed by atoms with E-state index in [2.05, 4.69) is 16.0 Å². The SMILES string of the molecule is COC(=O)C1CCN(C(=O)CCC(=O)N[C@H](C(=O)C[C@@H](CCCNC(N)=O)C(=O)Nc2ccc(CO)cc2)C(C)C)CC1C. The van der Waals surface area contributed by atoms with E-state index in [0.717, 1.165) is 0 Å². The van der Waals surface area contributed by atoms with Crippen LogP contribution in [0, 0.1) is 23.7 Å². The van der Waals surface area contributed by atoms with Crippen molar-refractivity contribution < 1.29 is 38.6 Å². The minimum absolute atomic E-state index is 0.0343. The summed E-state index contributed by atoms with van der Waals surface area (Å²) < 4.78 is 4.84. The van der Waals surface area contributed by atoms with Gasteiger partial charge in [-0.2, -0.15) is 0 Å². The summed E-state index contributed by atoms with van der Waals surface area (Å²) in [5, 5.41) is 17.3. The number of nitrogens with zero attached hydrogens (tertiary/aromatic N) is 1. The molecular formula is C31H47N5O8. The number of benzene rings is 1. The molecule has 0 aromatic heterocycles. The second-order valence-electron chi connectivity index (χ2n) is 11.7. The van der Waals surface area contributed by atoms with Crippen LogP contribution >= 0.6 is 0 Å². The molecule has 244 valence electrons. The van der Waals surface area contributed by atoms with Gasteiger partial charge in [-0.15, -0.1) is 0 Å². The fourth-order valence-corrected chi connectivity index (χ4v) is 5.31. The maximum atomic E-state index is 13.4. The van der Waals surface area contributed by atoms with Crippen LogP contribution in [0.25, 0.3) is 0 Å². The summed E-state index contributed by atoms with van der Waals surface area (Å²) in [7, 11) is 1.35. The Labute approximate surface area is 258 Å². The number of amides is 5. The number of piperidine rings is 1. The number of ketones is 1. The largest absolute Gasteiger partial charge is 0.469 e. The molecule has 6 N–H and O–H groups in total. The molecule has 0 saturated carbocycles. The Bertz CT molecular complexity index is 1160. The Hall–Kier alpha value is -4.00. The van der Waals surface area contributed by atoms with Gasteiger partial charge >= 0.3 is 12.0 Å². The summed E-state index contributed by atoms with van der Waals surface area (Å²) in [5.74, 6) is -2.98. The molecule has 0 bridgehead atoms. The fraction of sp³-hybridized carbons (Fsp3) is 0.613. The first-order chi connectivity index (χ1) is 20.9. The summed E-state index contributed by atoms with van der Waals surface area (Å²) >= 11 is 0. The number of Topliss-reactive ketones (excluding diaryl/α,β-unsaturated/α-hetero) is 1. The third kappa shape index (κ3) is 11.6. The number of rotatable bonds is 16. The lowest BCUT2D eigenvalue weighted by Gasteiger charge is -2.35. The Morgan fingerprint density at radius 1 is 1.09 bits per heavy atom. The molecule has 1 saturated heterocycles. The predicted octanol–water partition coefficient (Wildman–Crippen LogP) is 1.72. The van der Waals surface area contributed by atoms with E-state index in [0.29, 0.717) is 37.2 Å². The minimum Gasteiger partial charge on any atom is -0.469 e. The molecule has 13 heteroatoms. The van der Waals surface area contributed by atoms with Gasteiger partial charge in [0.2, 0.25) is 17.7 Å². The number of urea groups is 1. The van der Waals surface area contributed by atoms with Crippen LogP contribution in [0.5, 0.6) is 0 Å². The van der Waals surface area contributed by atoms with Gasteiger partial charge in [0.15, 0.2) is 5.78 Å². The van der Waals surface area contributed by atoms with Crippen LogP contribution in [0.4, 0.5) is 10.5 Å². The number of methoxy groups -OCH3 is 1. The Morgan fingerprint density at radius 2 is 1.77 bits per heavy atom. The number of hydrogen-bond acceptors (Lipinski definition) is 8. The van der Waals surface area contributed by atoms with Crippen molar-refractivity contribution in [3.8, 4) is 0 Å². The van der Waals surface area contributed by atoms with Crippen LogP contribution in [0.15, 0.2) is 24.3 Å². The standard InChI is InChI=1S/C31H47N5O8/c1-19(2)28(35-26(39)11-12-27(40)36-15-13-24(20(3)17-36)30(42)44-4)25(38)16-22(6-5-14-33-31(32)43)29(41)34-23-9-7-21(18-37)8-10-23/h7-10,19-20,22,24,28,37H,5-6,11-18H2,1-4H3,(H,34,41)(H,35,39)(H3,32,33,43)/t20?,22-,24?,28+/m1/s1. The number of primary amides is 1. The van der Waals surface area contributed by atoms with Crippen LogP contribution in [-0.2, 0) is 35.3 Å². The molecule has 1 aromatic rings. The van der Waals surface area contributed by atoms with Crippen molar-refractivity contribution in [3.63, 3.8) is 0 Å². The second kappa shape index (κ2) is 18.0. The normalized spacial score (nSPS) is 17.7. The topological polar surface area (TPSA) is 197 Å². The van der Waals surface area contributed by atoms with Crippen molar-refractivity contribution >= 4 is 41.2 Å². The van der Waals surface area contributed by atoms with Crippen molar-refractivity contribution in [2.75, 3.05) is 32.1 Å². The first-order valence-corrected chi connectivity index (χ1v) is 15.1. The third-order valence-corrected chi connectivity index (χ3v) is 7.91. The van der Waals surface area contributed by atoms with E-state index in [1.807, 2.05) is 6.92 Å². The lowest BCUT2D eigenvalue weighted by molar-refractivity contribution is -0.151. The third-order valence-electron chi connectivity index (χ3n) is 7.91. The van der Waals surface area contributed by atoms with E-state index in [1.165, 1.54) is 7.11 Å². The summed E-state index contributed by atoms with van der Waals surface area (Å²) in [4.78, 5) is 76.9. The monoisotopic (exact) mass is 617 g/mol. The highest BCUT2D eigenvalue weighted by atomic mass is 16.5. The number of hydrogen-bond donors (Lipinski definition) is 5. The first-order valence-electron chi connectivity index (χ1n) is 15.1. The number of aliphatic hydroxyl groups is 1. The number of aliphatic hydroxyl groups excluding tert-OH is 1. The zero-order chi connectivity index (χ0) is 32.8. The molecular weight excluding hydrogens is 570 g/mol. The zero-order valence-electron chi connectivity index (χ0n) is 26.1. The van der Waals surface area contributed by atoms with Crippen molar-refractivity contribution in [1.82, 2.24) is 15.5 Å². The predicted molar refractivity (Wildman–Crippen MR) is 163 cm³/mol. The van der Waals surface area contributed by atoms with E-state index in [-0.39, 0.29) is 80.2 Å². The highest BCUT2D eigenvalue weighted by Crippen LogP contribution is 2.25. The number of carbonyl (C=O) groups is 6. The van der Waals surface area contributed by atoms with Crippen LogP contribution in [0.3, 0.4) is 0 Å². The number of anilines is 1. The molecule has 2 unspecified atom stereocenters. The molecule has 0 aliphatic carbocycles. The van der Waals surface area contributed by atoms with Gasteiger partial charge in [-0.1, -0.05) is 32.9 Å². The Balaban J connectivity index is 1.98. The van der Waals surface area contributed by atoms with Crippen LogP contribution < -0.4 is 21.7 Å². The quantitative estimate of drug-likeness (QED) is 0.136. The van der Waals surface area contributed by atoms with Gasteiger partial charge in [0.25, 0.3) is 0 Å². The van der Waals surface area contributed by atoms with E-state index >= 15 is 0 Å². The highest BCUT2D eigenvalue weighted by molar-refractivity contribution is 5.97. The molecule has 1 aliphatic rings. The first kappa shape index (κ1) is 36.2. The molecule has 4 atom stereocenters. The summed E-state index contributed by atoms with van der Waals surface area (Å²) in [6.45, 7) is 6.37. The maximum absolute atomic E-state index is 13.4. The average Bonchev–Trinajstić information content (AvgIpc) is 2.99. The second-order valence-corrected chi connectivity index (χ2v) is 11.7. The summed E-state index contributed by atoms with van der Waals surface area (Å²) in [6.07, 6.45) is 0.892. The summed E-state index contributed by atoms with van der Waals surface area (Å²) in [5.41, 5.74) is 6.31. The molecule has 1 aromatic carbocycles. The van der Waals surface area contributed by atoms with Crippen molar-refractivity contribution in [3.05, 3.63) is 29.8 Å². The fourth-order valence-electron chi connectivity index (χ4n) is 5.31. The Kier molecular flexibility index (Phi) is 14.8. The number of likely N-dealkylation sites (tertiary alicyclic amines) is 1. The Morgan fingerprint density at radius 3 is 2.34 bits per heavy atom. The minimum atomic E-state index is -0.865. The number of ether oxygens (including phenoxy) is 1. The van der Waals surface area contributed by atoms with Gasteiger partial charge in [-0.05, 0) is 48.8 Å². The maximum Gasteiger partial charge on any atom is 0.312 e. The van der Waals surface area contributed by atoms with Gasteiger partial charge < -0.3 is 36.4 Å². The smallest absolute Gasteiger partial charge is 0.312 e. The highest BCUT2D eigenvalue weighted by Gasteiger charge is 2.34. The lowest BCUT2D eigenvalue weighted by atomic mass is 9.87. The van der Waals surface area contributed by atoms with Crippen molar-refractivity contribution in [2.45, 2.75) is 71.9 Å². The van der Waals surface area contributed by atoms with Crippen LogP contribution in [0.1, 0.15) is 64.9 Å². The molecule has 5 amide bonds. The number of esters is 1. The van der Waals surface area contributed by atoms with Crippen molar-refractivity contribution in [1.29, 1.82) is 0 Å². The molecule has 44 heavy (non-hydrogen) atoms. The molecule has 1 aliphatic heterocycles. The number of carbonyl (C=O) groups excluding carboxylic acids is 6. The van der Waals surface area contributed by atoms with Gasteiger partial charge in [0, 0.05) is 50.5 Å². The molecule has 0 radical (unpaired) electrons. The molecule has 0 spiro atoms. The number of nitrogens with two attached hydrogens (primary N) is 1. The van der Waals surface area contributed by atoms with E-state index < -0.39 is 23.9 Å². The van der Waals surface area contributed by atoms with Crippen LogP contribution in [-0.4, -0.2) is 78.3 Å². The molecule has 1 fully saturated rings.